The molecule has 160 valence electrons. The van der Waals surface area contributed by atoms with Gasteiger partial charge in [0.1, 0.15) is 17.5 Å². The molecule has 0 aliphatic carbocycles. The van der Waals surface area contributed by atoms with E-state index >= 15 is 0 Å². The van der Waals surface area contributed by atoms with Crippen LogP contribution in [0.25, 0.3) is 5.69 Å². The van der Waals surface area contributed by atoms with Crippen LogP contribution < -0.4 is 10.1 Å². The highest BCUT2D eigenvalue weighted by Crippen LogP contribution is 2.25. The summed E-state index contributed by atoms with van der Waals surface area (Å²) < 4.78 is 7.69. The van der Waals surface area contributed by atoms with Crippen molar-refractivity contribution in [2.45, 2.75) is 46.4 Å². The van der Waals surface area contributed by atoms with E-state index in [0.717, 1.165) is 34.7 Å². The van der Waals surface area contributed by atoms with Crippen molar-refractivity contribution in [3.8, 4) is 11.4 Å². The predicted molar refractivity (Wildman–Crippen MR) is 121 cm³/mol. The summed E-state index contributed by atoms with van der Waals surface area (Å²) in [5.74, 6) is 1.33. The van der Waals surface area contributed by atoms with Crippen LogP contribution in [0.15, 0.2) is 54.6 Å². The van der Waals surface area contributed by atoms with Gasteiger partial charge in [0.15, 0.2) is 0 Å². The summed E-state index contributed by atoms with van der Waals surface area (Å²) in [7, 11) is 0. The van der Waals surface area contributed by atoms with Crippen molar-refractivity contribution < 1.29 is 9.84 Å². The van der Waals surface area contributed by atoms with Gasteiger partial charge in [0.25, 0.3) is 0 Å². The largest absolute Gasteiger partial charge is 0.489 e. The second-order valence-electron chi connectivity index (χ2n) is 7.92. The zero-order chi connectivity index (χ0) is 21.5. The highest BCUT2D eigenvalue weighted by atomic mass is 35.5. The van der Waals surface area contributed by atoms with Gasteiger partial charge in [-0.05, 0) is 49.1 Å². The van der Waals surface area contributed by atoms with E-state index in [4.69, 9.17) is 16.3 Å². The monoisotopic (exact) mass is 427 g/mol. The number of benzene rings is 2. The molecule has 1 aromatic heterocycles. The fourth-order valence-electron chi connectivity index (χ4n) is 3.35. The van der Waals surface area contributed by atoms with Crippen molar-refractivity contribution in [3.63, 3.8) is 0 Å². The maximum atomic E-state index is 9.49. The molecule has 2 aromatic carbocycles. The molecule has 0 amide bonds. The number of aryl methyl sites for hydroxylation is 1. The molecule has 1 heterocycles. The second-order valence-corrected chi connectivity index (χ2v) is 8.28. The number of aliphatic hydroxyl groups excluding tert-OH is 1. The highest BCUT2D eigenvalue weighted by molar-refractivity contribution is 6.30. The molecule has 6 heteroatoms. The number of aromatic nitrogens is 2. The molecule has 0 bridgehead atoms. The van der Waals surface area contributed by atoms with E-state index < -0.39 is 0 Å². The van der Waals surface area contributed by atoms with E-state index in [1.807, 2.05) is 61.5 Å². The van der Waals surface area contributed by atoms with Crippen LogP contribution in [0.2, 0.25) is 5.15 Å². The molecule has 0 fully saturated rings. The van der Waals surface area contributed by atoms with Gasteiger partial charge in [-0.15, -0.1) is 0 Å². The van der Waals surface area contributed by atoms with Crippen molar-refractivity contribution in [3.05, 3.63) is 76.6 Å². The molecule has 2 N–H and O–H groups in total. The van der Waals surface area contributed by atoms with Gasteiger partial charge in [-0.1, -0.05) is 55.8 Å². The minimum atomic E-state index is 0.118. The fraction of sp³-hybridized carbons (Fsp3) is 0.375. The first-order chi connectivity index (χ1) is 14.5. The van der Waals surface area contributed by atoms with Gasteiger partial charge >= 0.3 is 0 Å². The van der Waals surface area contributed by atoms with Crippen molar-refractivity contribution >= 4 is 11.6 Å². The van der Waals surface area contributed by atoms with E-state index in [9.17, 15) is 5.11 Å². The van der Waals surface area contributed by atoms with E-state index in [2.05, 4.69) is 24.3 Å². The standard InChI is InChI=1S/C24H30ClN3O2/c1-17(2)13-20(15-29)26-14-19-9-11-22(12-10-19)30-16-23-18(3)27-28(24(23)25)21-7-5-4-6-8-21/h4-12,17,20,26,29H,13-16H2,1-3H3/t20-/m0/s1. The van der Waals surface area contributed by atoms with Crippen molar-refractivity contribution in [2.24, 2.45) is 5.92 Å². The van der Waals surface area contributed by atoms with Crippen LogP contribution in [0.3, 0.4) is 0 Å². The number of halogens is 1. The highest BCUT2D eigenvalue weighted by Gasteiger charge is 2.15. The first kappa shape index (κ1) is 22.3. The van der Waals surface area contributed by atoms with Gasteiger partial charge in [-0.2, -0.15) is 5.10 Å². The predicted octanol–water partition coefficient (Wildman–Crippen LogP) is 4.91. The summed E-state index contributed by atoms with van der Waals surface area (Å²) in [6, 6.07) is 17.9. The maximum Gasteiger partial charge on any atom is 0.139 e. The lowest BCUT2D eigenvalue weighted by Gasteiger charge is -2.18. The third-order valence-electron chi connectivity index (χ3n) is 5.00. The zero-order valence-electron chi connectivity index (χ0n) is 17.8. The number of para-hydroxylation sites is 1. The third-order valence-corrected chi connectivity index (χ3v) is 5.39. The molecule has 0 unspecified atom stereocenters. The van der Waals surface area contributed by atoms with E-state index in [1.165, 1.54) is 0 Å². The summed E-state index contributed by atoms with van der Waals surface area (Å²) >= 11 is 6.57. The van der Waals surface area contributed by atoms with Crippen LogP contribution in [0.5, 0.6) is 5.75 Å². The Morgan fingerprint density at radius 2 is 1.80 bits per heavy atom. The Balaban J connectivity index is 1.59. The average Bonchev–Trinajstić information content (AvgIpc) is 3.04. The molecular formula is C24H30ClN3O2. The summed E-state index contributed by atoms with van der Waals surface area (Å²) in [6.45, 7) is 7.48. The minimum Gasteiger partial charge on any atom is -0.489 e. The number of aliphatic hydroxyl groups is 1. The Morgan fingerprint density at radius 3 is 2.43 bits per heavy atom. The average molecular weight is 428 g/mol. The number of hydrogen-bond donors (Lipinski definition) is 2. The lowest BCUT2D eigenvalue weighted by atomic mass is 10.0. The molecule has 1 atom stereocenters. The third kappa shape index (κ3) is 5.85. The minimum absolute atomic E-state index is 0.118. The molecule has 0 aliphatic rings. The fourth-order valence-corrected chi connectivity index (χ4v) is 3.68. The Bertz CT molecular complexity index is 924. The van der Waals surface area contributed by atoms with Gasteiger partial charge in [0, 0.05) is 18.2 Å². The van der Waals surface area contributed by atoms with Crippen molar-refractivity contribution in [1.82, 2.24) is 15.1 Å². The first-order valence-corrected chi connectivity index (χ1v) is 10.7. The van der Waals surface area contributed by atoms with E-state index in [-0.39, 0.29) is 12.6 Å². The van der Waals surface area contributed by atoms with E-state index in [0.29, 0.717) is 24.2 Å². The molecule has 0 saturated carbocycles. The van der Waals surface area contributed by atoms with Crippen LogP contribution >= 0.6 is 11.6 Å². The Hall–Kier alpha value is -2.34. The van der Waals surface area contributed by atoms with Crippen LogP contribution in [0, 0.1) is 12.8 Å². The van der Waals surface area contributed by atoms with Gasteiger partial charge in [0.05, 0.1) is 18.0 Å². The SMILES string of the molecule is Cc1nn(-c2ccccc2)c(Cl)c1COc1ccc(CN[C@H](CO)CC(C)C)cc1. The molecule has 0 aliphatic heterocycles. The topological polar surface area (TPSA) is 59.3 Å². The van der Waals surface area contributed by atoms with Crippen LogP contribution in [0.4, 0.5) is 0 Å². The van der Waals surface area contributed by atoms with Crippen molar-refractivity contribution in [2.75, 3.05) is 6.61 Å². The summed E-state index contributed by atoms with van der Waals surface area (Å²) in [5, 5.41) is 18.0. The van der Waals surface area contributed by atoms with Crippen molar-refractivity contribution in [1.29, 1.82) is 0 Å². The molecule has 0 radical (unpaired) electrons. The molecule has 30 heavy (non-hydrogen) atoms. The number of ether oxygens (including phenoxy) is 1. The van der Waals surface area contributed by atoms with Gasteiger partial charge < -0.3 is 15.2 Å². The Labute approximate surface area is 183 Å². The van der Waals surface area contributed by atoms with Gasteiger partial charge in [0.2, 0.25) is 0 Å². The number of rotatable bonds is 10. The summed E-state index contributed by atoms with van der Waals surface area (Å²) in [5.41, 5.74) is 3.80. The number of hydrogen-bond acceptors (Lipinski definition) is 4. The molecule has 0 spiro atoms. The van der Waals surface area contributed by atoms with Gasteiger partial charge in [-0.25, -0.2) is 4.68 Å². The van der Waals surface area contributed by atoms with Crippen LogP contribution in [-0.2, 0) is 13.2 Å². The smallest absolute Gasteiger partial charge is 0.139 e. The normalized spacial score (nSPS) is 12.3. The quantitative estimate of drug-likeness (QED) is 0.482. The molecule has 3 aromatic rings. The van der Waals surface area contributed by atoms with Crippen LogP contribution in [0.1, 0.15) is 37.1 Å². The van der Waals surface area contributed by atoms with E-state index in [1.54, 1.807) is 4.68 Å². The zero-order valence-corrected chi connectivity index (χ0v) is 18.6. The Kier molecular flexibility index (Phi) is 7.91. The lowest BCUT2D eigenvalue weighted by Crippen LogP contribution is -2.33. The van der Waals surface area contributed by atoms with Crippen LogP contribution in [-0.4, -0.2) is 27.5 Å². The summed E-state index contributed by atoms with van der Waals surface area (Å²) in [6.07, 6.45) is 0.953. The molecule has 3 rings (SSSR count). The lowest BCUT2D eigenvalue weighted by molar-refractivity contribution is 0.223. The number of nitrogens with one attached hydrogen (secondary N) is 1. The Morgan fingerprint density at radius 1 is 1.10 bits per heavy atom. The van der Waals surface area contributed by atoms with Gasteiger partial charge in [-0.3, -0.25) is 0 Å². The second kappa shape index (κ2) is 10.6. The molecule has 5 nitrogen and oxygen atoms in total. The molecular weight excluding hydrogens is 398 g/mol. The molecule has 0 saturated heterocycles. The summed E-state index contributed by atoms with van der Waals surface area (Å²) in [4.78, 5) is 0. The maximum absolute atomic E-state index is 9.49. The first-order valence-electron chi connectivity index (χ1n) is 10.3. The number of nitrogens with zero attached hydrogens (tertiary/aromatic N) is 2.